The molecule has 0 radical (unpaired) electrons. The molecule has 4 N–H and O–H groups in total. The van der Waals surface area contributed by atoms with Crippen LogP contribution in [0.25, 0.3) is 0 Å². The van der Waals surface area contributed by atoms with Crippen LogP contribution >= 0.6 is 11.3 Å². The molecule has 0 saturated carbocycles. The second-order valence-electron chi connectivity index (χ2n) is 8.57. The number of aromatic nitrogens is 1. The maximum Gasteiger partial charge on any atom is 0.333 e. The Labute approximate surface area is 196 Å². The molecule has 33 heavy (non-hydrogen) atoms. The largest absolute Gasteiger partial charge is 0.390 e. The van der Waals surface area contributed by atoms with Crippen LogP contribution in [0, 0.1) is 17.1 Å². The summed E-state index contributed by atoms with van der Waals surface area (Å²) in [5, 5.41) is 31.4. The van der Waals surface area contributed by atoms with E-state index in [0.717, 1.165) is 0 Å². The third-order valence-electron chi connectivity index (χ3n) is 4.69. The molecule has 12 heteroatoms. The molecule has 0 aliphatic rings. The van der Waals surface area contributed by atoms with E-state index in [1.165, 1.54) is 19.9 Å². The number of anilines is 1. The minimum absolute atomic E-state index is 0.0469. The number of aliphatic hydroxyl groups excluding tert-OH is 1. The second kappa shape index (κ2) is 9.72. The Balaban J connectivity index is 2.49. The summed E-state index contributed by atoms with van der Waals surface area (Å²) < 4.78 is 42.0. The standard InChI is InChI=1S/C21H27FN4O5S2/c1-10(2)13-7-12(8-23)16(22)15(11(3)4)17(13)25-20(28)26-33(30,31)18-14(9-27)24-19(32-18)21(5,6)29/h7,10-11,27,29H,9H2,1-6H3,(H2,25,26,28). The SMILES string of the molecule is CC(C)c1cc(C#N)c(F)c(C(C)C)c1NC(=O)NS(=O)(=O)c1sc(C(C)(C)O)nc1CO. The van der Waals surface area contributed by atoms with Crippen molar-refractivity contribution in [2.45, 2.75) is 69.8 Å². The summed E-state index contributed by atoms with van der Waals surface area (Å²) in [6.45, 7) is 9.05. The average Bonchev–Trinajstić information content (AvgIpc) is 3.13. The summed E-state index contributed by atoms with van der Waals surface area (Å²) >= 11 is 0.622. The molecule has 0 atom stereocenters. The molecule has 0 fully saturated rings. The molecule has 1 aromatic carbocycles. The lowest BCUT2D eigenvalue weighted by molar-refractivity contribution is 0.0779. The molecule has 0 bridgehead atoms. The molecule has 0 aliphatic heterocycles. The molecule has 2 amide bonds. The fraction of sp³-hybridized carbons (Fsp3) is 0.476. The third-order valence-corrected chi connectivity index (χ3v) is 7.99. The van der Waals surface area contributed by atoms with Gasteiger partial charge in [0.05, 0.1) is 23.6 Å². The number of nitrogens with zero attached hydrogens (tertiary/aromatic N) is 2. The highest BCUT2D eigenvalue weighted by atomic mass is 32.2. The van der Waals surface area contributed by atoms with Crippen molar-refractivity contribution in [3.8, 4) is 6.07 Å². The van der Waals surface area contributed by atoms with Crippen LogP contribution < -0.4 is 10.0 Å². The second-order valence-corrected chi connectivity index (χ2v) is 11.4. The highest BCUT2D eigenvalue weighted by Crippen LogP contribution is 2.36. The van der Waals surface area contributed by atoms with Gasteiger partial charge in [0.25, 0.3) is 10.0 Å². The predicted octanol–water partition coefficient (Wildman–Crippen LogP) is 3.63. The molecule has 0 saturated heterocycles. The van der Waals surface area contributed by atoms with E-state index in [0.29, 0.717) is 16.9 Å². The summed E-state index contributed by atoms with van der Waals surface area (Å²) in [5.74, 6) is -1.41. The lowest BCUT2D eigenvalue weighted by atomic mass is 9.90. The van der Waals surface area contributed by atoms with Crippen LogP contribution in [0.1, 0.15) is 80.8 Å². The van der Waals surface area contributed by atoms with Crippen LogP contribution in [0.15, 0.2) is 10.3 Å². The van der Waals surface area contributed by atoms with Gasteiger partial charge in [-0.1, -0.05) is 27.7 Å². The Morgan fingerprint density at radius 3 is 2.36 bits per heavy atom. The first-order chi connectivity index (χ1) is 15.1. The number of sulfonamides is 1. The third kappa shape index (κ3) is 5.67. The van der Waals surface area contributed by atoms with Crippen LogP contribution in [-0.2, 0) is 22.2 Å². The maximum atomic E-state index is 14.9. The number of hydrogen-bond acceptors (Lipinski definition) is 8. The van der Waals surface area contributed by atoms with Crippen molar-refractivity contribution < 1.29 is 27.8 Å². The van der Waals surface area contributed by atoms with E-state index in [1.54, 1.807) is 33.8 Å². The van der Waals surface area contributed by atoms with Gasteiger partial charge in [0, 0.05) is 5.56 Å². The van der Waals surface area contributed by atoms with Gasteiger partial charge in [0.2, 0.25) is 0 Å². The maximum absolute atomic E-state index is 14.9. The Bertz CT molecular complexity index is 1210. The van der Waals surface area contributed by atoms with Crippen molar-refractivity contribution in [1.82, 2.24) is 9.71 Å². The number of benzene rings is 1. The normalized spacial score (nSPS) is 12.2. The molecule has 0 spiro atoms. The quantitative estimate of drug-likeness (QED) is 0.455. The van der Waals surface area contributed by atoms with Crippen LogP contribution in [0.3, 0.4) is 0 Å². The number of nitrogens with one attached hydrogen (secondary N) is 2. The van der Waals surface area contributed by atoms with E-state index in [2.05, 4.69) is 10.3 Å². The molecular formula is C21H27FN4O5S2. The number of thiazole rings is 1. The van der Waals surface area contributed by atoms with Gasteiger partial charge in [-0.2, -0.15) is 5.26 Å². The zero-order valence-electron chi connectivity index (χ0n) is 19.1. The van der Waals surface area contributed by atoms with Gasteiger partial charge in [-0.15, -0.1) is 11.3 Å². The Kier molecular flexibility index (Phi) is 7.86. The highest BCUT2D eigenvalue weighted by molar-refractivity contribution is 7.92. The summed E-state index contributed by atoms with van der Waals surface area (Å²) in [4.78, 5) is 16.7. The summed E-state index contributed by atoms with van der Waals surface area (Å²) in [7, 11) is -4.47. The van der Waals surface area contributed by atoms with Crippen LogP contribution in [0.5, 0.6) is 0 Å². The van der Waals surface area contributed by atoms with Gasteiger partial charge in [-0.3, -0.25) is 0 Å². The van der Waals surface area contributed by atoms with E-state index in [-0.39, 0.29) is 33.4 Å². The van der Waals surface area contributed by atoms with Gasteiger partial charge in [-0.25, -0.2) is 27.3 Å². The van der Waals surface area contributed by atoms with Crippen LogP contribution in [0.2, 0.25) is 0 Å². The molecule has 0 aliphatic carbocycles. The highest BCUT2D eigenvalue weighted by Gasteiger charge is 2.31. The number of carbonyl (C=O) groups is 1. The number of hydrogen-bond donors (Lipinski definition) is 4. The fourth-order valence-corrected chi connectivity index (χ4v) is 5.55. The van der Waals surface area contributed by atoms with Gasteiger partial charge < -0.3 is 15.5 Å². The van der Waals surface area contributed by atoms with E-state index in [9.17, 15) is 33.1 Å². The minimum atomic E-state index is -4.47. The lowest BCUT2D eigenvalue weighted by Gasteiger charge is -2.22. The number of halogens is 1. The van der Waals surface area contributed by atoms with E-state index in [1.807, 2.05) is 4.72 Å². The number of rotatable bonds is 7. The van der Waals surface area contributed by atoms with E-state index >= 15 is 0 Å². The molecule has 1 aromatic heterocycles. The van der Waals surface area contributed by atoms with Crippen molar-refractivity contribution in [3.63, 3.8) is 0 Å². The summed E-state index contributed by atoms with van der Waals surface area (Å²) in [5.41, 5.74) is -1.19. The molecule has 1 heterocycles. The first-order valence-electron chi connectivity index (χ1n) is 10.1. The van der Waals surface area contributed by atoms with Crippen molar-refractivity contribution in [2.75, 3.05) is 5.32 Å². The first-order valence-corrected chi connectivity index (χ1v) is 12.4. The molecular weight excluding hydrogens is 471 g/mol. The zero-order chi connectivity index (χ0) is 25.3. The van der Waals surface area contributed by atoms with Crippen molar-refractivity contribution in [2.24, 2.45) is 0 Å². The van der Waals surface area contributed by atoms with Crippen LogP contribution in [0.4, 0.5) is 14.9 Å². The Morgan fingerprint density at radius 2 is 1.91 bits per heavy atom. The van der Waals surface area contributed by atoms with Crippen molar-refractivity contribution >= 4 is 33.1 Å². The predicted molar refractivity (Wildman–Crippen MR) is 122 cm³/mol. The van der Waals surface area contributed by atoms with Gasteiger partial charge in [0.15, 0.2) is 4.21 Å². The number of carbonyl (C=O) groups excluding carboxylic acids is 1. The number of nitriles is 1. The number of amides is 2. The van der Waals surface area contributed by atoms with E-state index in [4.69, 9.17) is 0 Å². The lowest BCUT2D eigenvalue weighted by Crippen LogP contribution is -2.35. The van der Waals surface area contributed by atoms with Crippen molar-refractivity contribution in [1.29, 1.82) is 5.26 Å². The number of urea groups is 1. The molecule has 9 nitrogen and oxygen atoms in total. The molecule has 2 rings (SSSR count). The monoisotopic (exact) mass is 498 g/mol. The first kappa shape index (κ1) is 26.7. The van der Waals surface area contributed by atoms with Gasteiger partial charge >= 0.3 is 6.03 Å². The zero-order valence-corrected chi connectivity index (χ0v) is 20.8. The molecule has 0 unspecified atom stereocenters. The smallest absolute Gasteiger partial charge is 0.333 e. The van der Waals surface area contributed by atoms with Crippen molar-refractivity contribution in [3.05, 3.63) is 39.3 Å². The molecule has 2 aromatic rings. The van der Waals surface area contributed by atoms with E-state index < -0.39 is 44.2 Å². The topological polar surface area (TPSA) is 152 Å². The van der Waals surface area contributed by atoms with Gasteiger partial charge in [0.1, 0.15) is 22.5 Å². The van der Waals surface area contributed by atoms with Gasteiger partial charge in [-0.05, 0) is 37.3 Å². The Morgan fingerprint density at radius 1 is 1.30 bits per heavy atom. The summed E-state index contributed by atoms with van der Waals surface area (Å²) in [6, 6.07) is 1.99. The number of aliphatic hydroxyl groups is 2. The minimum Gasteiger partial charge on any atom is -0.390 e. The van der Waals surface area contributed by atoms with Crippen LogP contribution in [-0.4, -0.2) is 29.6 Å². The molecule has 180 valence electrons. The summed E-state index contributed by atoms with van der Waals surface area (Å²) in [6.07, 6.45) is 0. The fourth-order valence-electron chi connectivity index (χ4n) is 3.14. The Hall–Kier alpha value is -2.59. The average molecular weight is 499 g/mol.